The minimum absolute atomic E-state index is 0.202. The molecular formula is C10H15N5OS. The van der Waals surface area contributed by atoms with Crippen LogP contribution in [-0.2, 0) is 0 Å². The summed E-state index contributed by atoms with van der Waals surface area (Å²) in [7, 11) is 0. The highest BCUT2D eigenvalue weighted by Crippen LogP contribution is 2.22. The van der Waals surface area contributed by atoms with Gasteiger partial charge in [-0.1, -0.05) is 0 Å². The molecule has 1 aliphatic rings. The smallest absolute Gasteiger partial charge is 0.271 e. The molecule has 4 N–H and O–H groups in total. The Morgan fingerprint density at radius 3 is 3.18 bits per heavy atom. The molecule has 17 heavy (non-hydrogen) atoms. The van der Waals surface area contributed by atoms with Gasteiger partial charge < -0.3 is 10.7 Å². The fourth-order valence-corrected chi connectivity index (χ4v) is 2.90. The molecule has 0 spiro atoms. The van der Waals surface area contributed by atoms with Crippen molar-refractivity contribution in [3.05, 3.63) is 18.1 Å². The minimum Gasteiger partial charge on any atom is -0.350 e. The van der Waals surface area contributed by atoms with E-state index in [0.29, 0.717) is 18.3 Å². The molecule has 2 rings (SSSR count). The Labute approximate surface area is 104 Å². The largest absolute Gasteiger partial charge is 0.350 e. The van der Waals surface area contributed by atoms with Crippen LogP contribution in [0, 0.1) is 5.92 Å². The Morgan fingerprint density at radius 2 is 2.47 bits per heavy atom. The SMILES string of the molecule is NNc1cncc(C(=O)NCC2CCSC2)n1. The van der Waals surface area contributed by atoms with Crippen molar-refractivity contribution in [2.75, 3.05) is 23.5 Å². The van der Waals surface area contributed by atoms with Gasteiger partial charge in [0.15, 0.2) is 5.82 Å². The number of aromatic nitrogens is 2. The average Bonchev–Trinajstić information content (AvgIpc) is 2.89. The van der Waals surface area contributed by atoms with Crippen LogP contribution in [0.4, 0.5) is 5.82 Å². The topological polar surface area (TPSA) is 92.9 Å². The van der Waals surface area contributed by atoms with Crippen LogP contribution >= 0.6 is 11.8 Å². The zero-order valence-electron chi connectivity index (χ0n) is 9.35. The Balaban J connectivity index is 1.89. The normalized spacial score (nSPS) is 19.0. The molecule has 92 valence electrons. The van der Waals surface area contributed by atoms with Crippen LogP contribution in [0.3, 0.4) is 0 Å². The Bertz CT molecular complexity index is 394. The average molecular weight is 253 g/mol. The van der Waals surface area contributed by atoms with E-state index < -0.39 is 0 Å². The molecule has 2 heterocycles. The number of nitrogens with two attached hydrogens (primary N) is 1. The molecule has 1 fully saturated rings. The molecular weight excluding hydrogens is 238 g/mol. The lowest BCUT2D eigenvalue weighted by Crippen LogP contribution is -2.30. The van der Waals surface area contributed by atoms with Crippen LogP contribution in [0.1, 0.15) is 16.9 Å². The van der Waals surface area contributed by atoms with E-state index in [-0.39, 0.29) is 11.6 Å². The first-order valence-corrected chi connectivity index (χ1v) is 6.59. The predicted octanol–water partition coefficient (Wildman–Crippen LogP) is 0.245. The van der Waals surface area contributed by atoms with Gasteiger partial charge >= 0.3 is 0 Å². The number of hydrazine groups is 1. The third-order valence-electron chi connectivity index (χ3n) is 2.59. The Kier molecular flexibility index (Phi) is 4.16. The van der Waals surface area contributed by atoms with Gasteiger partial charge in [0.05, 0.1) is 12.4 Å². The predicted molar refractivity (Wildman–Crippen MR) is 67.6 cm³/mol. The number of nitrogen functional groups attached to an aromatic ring is 1. The minimum atomic E-state index is -0.202. The van der Waals surface area contributed by atoms with Gasteiger partial charge in [-0.25, -0.2) is 10.8 Å². The van der Waals surface area contributed by atoms with Crippen molar-refractivity contribution in [1.82, 2.24) is 15.3 Å². The van der Waals surface area contributed by atoms with E-state index in [4.69, 9.17) is 5.84 Å². The number of amides is 1. The summed E-state index contributed by atoms with van der Waals surface area (Å²) in [5, 5.41) is 2.87. The molecule has 1 unspecified atom stereocenters. The molecule has 1 amide bonds. The van der Waals surface area contributed by atoms with Gasteiger partial charge in [0.1, 0.15) is 5.69 Å². The molecule has 1 saturated heterocycles. The second-order valence-corrected chi connectivity index (χ2v) is 5.02. The number of hydrogen-bond acceptors (Lipinski definition) is 6. The summed E-state index contributed by atoms with van der Waals surface area (Å²) in [6.07, 6.45) is 4.06. The fraction of sp³-hybridized carbons (Fsp3) is 0.500. The maximum atomic E-state index is 11.8. The fourth-order valence-electron chi connectivity index (χ4n) is 1.62. The molecule has 7 heteroatoms. The third-order valence-corrected chi connectivity index (χ3v) is 3.82. The molecule has 1 aromatic heterocycles. The summed E-state index contributed by atoms with van der Waals surface area (Å²) in [6, 6.07) is 0. The number of thioether (sulfide) groups is 1. The quantitative estimate of drug-likeness (QED) is 0.526. The van der Waals surface area contributed by atoms with E-state index in [1.807, 2.05) is 11.8 Å². The highest BCUT2D eigenvalue weighted by atomic mass is 32.2. The maximum absolute atomic E-state index is 11.8. The van der Waals surface area contributed by atoms with Gasteiger partial charge in [-0.3, -0.25) is 9.78 Å². The third kappa shape index (κ3) is 3.31. The highest BCUT2D eigenvalue weighted by molar-refractivity contribution is 7.99. The Hall–Kier alpha value is -1.34. The summed E-state index contributed by atoms with van der Waals surface area (Å²) in [5.41, 5.74) is 2.65. The molecule has 0 aromatic carbocycles. The summed E-state index contributed by atoms with van der Waals surface area (Å²) in [6.45, 7) is 0.702. The zero-order valence-corrected chi connectivity index (χ0v) is 10.2. The van der Waals surface area contributed by atoms with Crippen molar-refractivity contribution in [2.24, 2.45) is 11.8 Å². The summed E-state index contributed by atoms with van der Waals surface area (Å²) in [5.74, 6) is 8.27. The van der Waals surface area contributed by atoms with E-state index in [0.717, 1.165) is 5.75 Å². The number of nitrogens with zero attached hydrogens (tertiary/aromatic N) is 2. The van der Waals surface area contributed by atoms with Crippen molar-refractivity contribution in [2.45, 2.75) is 6.42 Å². The van der Waals surface area contributed by atoms with Crippen LogP contribution in [0.5, 0.6) is 0 Å². The molecule has 0 radical (unpaired) electrons. The van der Waals surface area contributed by atoms with E-state index in [2.05, 4.69) is 20.7 Å². The number of anilines is 1. The molecule has 1 aromatic rings. The summed E-state index contributed by atoms with van der Waals surface area (Å²) >= 11 is 1.93. The van der Waals surface area contributed by atoms with Crippen molar-refractivity contribution in [1.29, 1.82) is 0 Å². The summed E-state index contributed by atoms with van der Waals surface area (Å²) in [4.78, 5) is 19.7. The highest BCUT2D eigenvalue weighted by Gasteiger charge is 2.17. The molecule has 1 atom stereocenters. The number of rotatable bonds is 4. The van der Waals surface area contributed by atoms with E-state index in [1.54, 1.807) is 0 Å². The number of hydrogen-bond donors (Lipinski definition) is 3. The van der Waals surface area contributed by atoms with Gasteiger partial charge in [0.25, 0.3) is 5.91 Å². The van der Waals surface area contributed by atoms with Gasteiger partial charge in [0, 0.05) is 6.54 Å². The van der Waals surface area contributed by atoms with Crippen molar-refractivity contribution in [3.8, 4) is 0 Å². The lowest BCUT2D eigenvalue weighted by atomic mass is 10.1. The molecule has 0 aliphatic carbocycles. The van der Waals surface area contributed by atoms with Gasteiger partial charge in [-0.05, 0) is 23.8 Å². The van der Waals surface area contributed by atoms with E-state index >= 15 is 0 Å². The number of carbonyl (C=O) groups is 1. The van der Waals surface area contributed by atoms with E-state index in [1.165, 1.54) is 24.6 Å². The first kappa shape index (κ1) is 12.1. The molecule has 0 saturated carbocycles. The van der Waals surface area contributed by atoms with Crippen molar-refractivity contribution < 1.29 is 4.79 Å². The number of nitrogens with one attached hydrogen (secondary N) is 2. The van der Waals surface area contributed by atoms with Crippen molar-refractivity contribution >= 4 is 23.5 Å². The lowest BCUT2D eigenvalue weighted by Gasteiger charge is -2.09. The van der Waals surface area contributed by atoms with Gasteiger partial charge in [0.2, 0.25) is 0 Å². The second kappa shape index (κ2) is 5.83. The zero-order chi connectivity index (χ0) is 12.1. The Morgan fingerprint density at radius 1 is 1.59 bits per heavy atom. The van der Waals surface area contributed by atoms with Crippen LogP contribution in [-0.4, -0.2) is 33.9 Å². The maximum Gasteiger partial charge on any atom is 0.271 e. The molecule has 6 nitrogen and oxygen atoms in total. The van der Waals surface area contributed by atoms with Crippen LogP contribution < -0.4 is 16.6 Å². The molecule has 1 aliphatic heterocycles. The van der Waals surface area contributed by atoms with E-state index in [9.17, 15) is 4.79 Å². The first-order valence-electron chi connectivity index (χ1n) is 5.44. The lowest BCUT2D eigenvalue weighted by molar-refractivity contribution is 0.0943. The first-order chi connectivity index (χ1) is 8.29. The monoisotopic (exact) mass is 253 g/mol. The summed E-state index contributed by atoms with van der Waals surface area (Å²) < 4.78 is 0. The van der Waals surface area contributed by atoms with Gasteiger partial charge in [-0.2, -0.15) is 11.8 Å². The standard InChI is InChI=1S/C10H15N5OS/c11-15-9-5-12-4-8(14-9)10(16)13-3-7-1-2-17-6-7/h4-5,7H,1-3,6,11H2,(H,13,16)(H,14,15). The van der Waals surface area contributed by atoms with Gasteiger partial charge in [-0.15, -0.1) is 0 Å². The van der Waals surface area contributed by atoms with Crippen molar-refractivity contribution in [3.63, 3.8) is 0 Å². The second-order valence-electron chi connectivity index (χ2n) is 3.87. The van der Waals surface area contributed by atoms with Crippen LogP contribution in [0.25, 0.3) is 0 Å². The van der Waals surface area contributed by atoms with Crippen LogP contribution in [0.15, 0.2) is 12.4 Å². The number of carbonyl (C=O) groups excluding carboxylic acids is 1. The molecule has 0 bridgehead atoms. The van der Waals surface area contributed by atoms with Crippen LogP contribution in [0.2, 0.25) is 0 Å².